The molecule has 0 aromatic rings. The van der Waals surface area contributed by atoms with E-state index in [2.05, 4.69) is 42.3 Å². The van der Waals surface area contributed by atoms with Crippen molar-refractivity contribution in [1.29, 1.82) is 0 Å². The predicted octanol–water partition coefficient (Wildman–Crippen LogP) is 12.4. The summed E-state index contributed by atoms with van der Waals surface area (Å²) in [5.41, 5.74) is 0. The van der Waals surface area contributed by atoms with Crippen molar-refractivity contribution in [2.45, 2.75) is 275 Å². The summed E-state index contributed by atoms with van der Waals surface area (Å²) < 4.78 is 59.2. The topological polar surface area (TPSA) is 178 Å². The van der Waals surface area contributed by atoms with Crippen LogP contribution in [0.1, 0.15) is 239 Å². The summed E-state index contributed by atoms with van der Waals surface area (Å²) in [5.74, 6) is -0.410. The summed E-state index contributed by atoms with van der Waals surface area (Å²) in [4.78, 5) is 12.9. The Kier molecular flexibility index (Phi) is 41.5. The number of carbonyl (C=O) groups excluding carboxylic acids is 1. The van der Waals surface area contributed by atoms with Crippen molar-refractivity contribution in [3.05, 3.63) is 24.3 Å². The smallest absolute Gasteiger partial charge is 0.397 e. The lowest BCUT2D eigenvalue weighted by molar-refractivity contribution is -0.301. The van der Waals surface area contributed by atoms with Crippen LogP contribution in [0.25, 0.3) is 0 Å². The lowest BCUT2D eigenvalue weighted by Gasteiger charge is -2.41. The first-order valence-corrected chi connectivity index (χ1v) is 28.0. The quantitative estimate of drug-likeness (QED) is 0.0197. The number of allylic oxidation sites excluding steroid dienone is 4. The fraction of sp³-hybridized carbons (Fsp3) is 0.904. The standard InChI is InChI=1S/C52H98O12S/c1-3-5-7-9-11-13-15-17-18-19-20-21-22-23-24-25-26-27-28-30-32-34-36-38-40-42-60-44-46(45-61-52-50(56)51(64-65(57,58)59)49(55)47(43-53)63-52)62-48(54)41-39-37-35-33-31-29-16-14-12-10-8-6-4-2/h8,10,14,16,46-47,49-53,55-56H,3-7,9,11-13,15,17-45H2,1-2H3,(H,57,58,59)/b10-8-,16-14-. The fourth-order valence-electron chi connectivity index (χ4n) is 8.30. The highest BCUT2D eigenvalue weighted by molar-refractivity contribution is 7.80. The Morgan fingerprint density at radius 3 is 1.52 bits per heavy atom. The van der Waals surface area contributed by atoms with Gasteiger partial charge in [-0.1, -0.05) is 218 Å². The van der Waals surface area contributed by atoms with E-state index >= 15 is 0 Å². The number of aliphatic hydroxyl groups is 3. The number of esters is 1. The molecule has 1 rings (SSSR count). The third-order valence-electron chi connectivity index (χ3n) is 12.3. The first kappa shape index (κ1) is 61.6. The van der Waals surface area contributed by atoms with E-state index in [-0.39, 0.29) is 19.6 Å². The Hall–Kier alpha value is -1.42. The van der Waals surface area contributed by atoms with Gasteiger partial charge in [0.2, 0.25) is 0 Å². The van der Waals surface area contributed by atoms with E-state index in [4.69, 9.17) is 18.9 Å². The van der Waals surface area contributed by atoms with Crippen LogP contribution in [-0.2, 0) is 38.3 Å². The minimum absolute atomic E-state index is 0.0346. The third-order valence-corrected chi connectivity index (χ3v) is 12.8. The highest BCUT2D eigenvalue weighted by Crippen LogP contribution is 2.26. The summed E-state index contributed by atoms with van der Waals surface area (Å²) in [5, 5.41) is 30.7. The van der Waals surface area contributed by atoms with Crippen LogP contribution in [-0.4, -0.2) is 97.5 Å². The summed E-state index contributed by atoms with van der Waals surface area (Å²) in [6.45, 7) is 3.95. The lowest BCUT2D eigenvalue weighted by Crippen LogP contribution is -2.60. The predicted molar refractivity (Wildman–Crippen MR) is 262 cm³/mol. The van der Waals surface area contributed by atoms with Gasteiger partial charge in [0.05, 0.1) is 19.8 Å². The maximum atomic E-state index is 12.9. The van der Waals surface area contributed by atoms with Gasteiger partial charge in [0.25, 0.3) is 0 Å². The van der Waals surface area contributed by atoms with Crippen molar-refractivity contribution in [2.75, 3.05) is 26.4 Å². The molecule has 0 aromatic carbocycles. The second-order valence-corrected chi connectivity index (χ2v) is 19.5. The molecular weight excluding hydrogens is 849 g/mol. The molecule has 0 saturated carbocycles. The average molecular weight is 947 g/mol. The lowest BCUT2D eigenvalue weighted by atomic mass is 9.99. The Bertz CT molecular complexity index is 1230. The first-order valence-electron chi connectivity index (χ1n) is 26.6. The summed E-state index contributed by atoms with van der Waals surface area (Å²) in [6.07, 6.45) is 42.3. The molecule has 65 heavy (non-hydrogen) atoms. The second kappa shape index (κ2) is 43.8. The van der Waals surface area contributed by atoms with Crippen molar-refractivity contribution >= 4 is 16.4 Å². The number of carbonyl (C=O) groups is 1. The molecule has 1 saturated heterocycles. The third kappa shape index (κ3) is 37.2. The van der Waals surface area contributed by atoms with Crippen molar-refractivity contribution in [3.8, 4) is 0 Å². The molecular formula is C52H98O12S. The second-order valence-electron chi connectivity index (χ2n) is 18.5. The number of ether oxygens (including phenoxy) is 4. The van der Waals surface area contributed by atoms with Gasteiger partial charge < -0.3 is 34.3 Å². The molecule has 0 spiro atoms. The van der Waals surface area contributed by atoms with Crippen LogP contribution in [0.15, 0.2) is 24.3 Å². The van der Waals surface area contributed by atoms with E-state index in [9.17, 15) is 33.1 Å². The first-order chi connectivity index (χ1) is 31.6. The molecule has 12 nitrogen and oxygen atoms in total. The molecule has 6 atom stereocenters. The Balaban J connectivity index is 2.27. The largest absolute Gasteiger partial charge is 0.457 e. The maximum absolute atomic E-state index is 12.9. The van der Waals surface area contributed by atoms with Gasteiger partial charge in [-0.2, -0.15) is 8.42 Å². The molecule has 0 radical (unpaired) electrons. The molecule has 1 heterocycles. The summed E-state index contributed by atoms with van der Waals surface area (Å²) >= 11 is 0. The minimum atomic E-state index is -5.06. The van der Waals surface area contributed by atoms with Gasteiger partial charge in [0, 0.05) is 13.0 Å². The molecule has 1 aliphatic heterocycles. The van der Waals surface area contributed by atoms with Crippen LogP contribution < -0.4 is 0 Å². The van der Waals surface area contributed by atoms with Crippen molar-refractivity contribution < 1.29 is 56.2 Å². The number of aliphatic hydroxyl groups excluding tert-OH is 3. The number of unbranched alkanes of at least 4 members (excludes halogenated alkanes) is 30. The highest BCUT2D eigenvalue weighted by atomic mass is 32.3. The monoisotopic (exact) mass is 947 g/mol. The number of hydrogen-bond donors (Lipinski definition) is 4. The zero-order valence-corrected chi connectivity index (χ0v) is 42.1. The van der Waals surface area contributed by atoms with E-state index in [1.807, 2.05) is 0 Å². The normalized spacial score (nSPS) is 19.8. The summed E-state index contributed by atoms with van der Waals surface area (Å²) in [6, 6.07) is 0. The van der Waals surface area contributed by atoms with Gasteiger partial charge in [0.15, 0.2) is 6.29 Å². The van der Waals surface area contributed by atoms with Gasteiger partial charge in [-0.05, 0) is 38.5 Å². The van der Waals surface area contributed by atoms with Gasteiger partial charge in [-0.3, -0.25) is 9.35 Å². The van der Waals surface area contributed by atoms with Crippen molar-refractivity contribution in [3.63, 3.8) is 0 Å². The molecule has 6 unspecified atom stereocenters. The van der Waals surface area contributed by atoms with Crippen LogP contribution in [0.5, 0.6) is 0 Å². The van der Waals surface area contributed by atoms with E-state index in [1.165, 1.54) is 148 Å². The Morgan fingerprint density at radius 2 is 1.05 bits per heavy atom. The van der Waals surface area contributed by atoms with Crippen LogP contribution in [0, 0.1) is 0 Å². The Morgan fingerprint density at radius 1 is 0.585 bits per heavy atom. The van der Waals surface area contributed by atoms with Crippen LogP contribution >= 0.6 is 0 Å². The molecule has 0 aliphatic carbocycles. The molecule has 0 bridgehead atoms. The van der Waals surface area contributed by atoms with Gasteiger partial charge in [0.1, 0.15) is 30.5 Å². The van der Waals surface area contributed by atoms with Gasteiger partial charge >= 0.3 is 16.4 Å². The summed E-state index contributed by atoms with van der Waals surface area (Å²) in [7, 11) is -5.06. The molecule has 0 amide bonds. The molecule has 0 aromatic heterocycles. The number of rotatable bonds is 47. The molecule has 4 N–H and O–H groups in total. The number of hydrogen-bond acceptors (Lipinski definition) is 11. The fourth-order valence-corrected chi connectivity index (χ4v) is 8.81. The van der Waals surface area contributed by atoms with E-state index < -0.39 is 59.8 Å². The molecule has 13 heteroatoms. The molecule has 384 valence electrons. The average Bonchev–Trinajstić information content (AvgIpc) is 3.28. The minimum Gasteiger partial charge on any atom is -0.457 e. The van der Waals surface area contributed by atoms with Crippen molar-refractivity contribution in [2.24, 2.45) is 0 Å². The molecule has 1 fully saturated rings. The van der Waals surface area contributed by atoms with Gasteiger partial charge in [-0.15, -0.1) is 0 Å². The zero-order valence-electron chi connectivity index (χ0n) is 41.3. The van der Waals surface area contributed by atoms with E-state index in [0.29, 0.717) is 13.0 Å². The SMILES string of the molecule is CCC/C=C\C/C=C\CCCCCCCC(=O)OC(COCCCCCCCCCCCCCCCCCCCCCCCCCCC)COC1OC(CO)C(O)C(OS(=O)(=O)O)C1O. The maximum Gasteiger partial charge on any atom is 0.397 e. The van der Waals surface area contributed by atoms with Gasteiger partial charge in [-0.25, -0.2) is 4.18 Å². The van der Waals surface area contributed by atoms with Crippen LogP contribution in [0.3, 0.4) is 0 Å². The van der Waals surface area contributed by atoms with E-state index in [1.54, 1.807) is 0 Å². The van der Waals surface area contributed by atoms with Crippen LogP contribution in [0.2, 0.25) is 0 Å². The van der Waals surface area contributed by atoms with Crippen LogP contribution in [0.4, 0.5) is 0 Å². The molecule has 1 aliphatic rings. The zero-order chi connectivity index (χ0) is 47.5. The van der Waals surface area contributed by atoms with Crippen molar-refractivity contribution in [1.82, 2.24) is 0 Å². The highest BCUT2D eigenvalue weighted by Gasteiger charge is 2.48. The van der Waals surface area contributed by atoms with E-state index in [0.717, 1.165) is 64.2 Å². The Labute approximate surface area is 397 Å².